The molecule has 1 amide bonds. The first kappa shape index (κ1) is 14.8. The normalized spacial score (nSPS) is 15.9. The molecule has 0 saturated carbocycles. The Kier molecular flexibility index (Phi) is 5.35. The molecule has 0 bridgehead atoms. The van der Waals surface area contributed by atoms with Crippen LogP contribution in [0.2, 0.25) is 0 Å². The van der Waals surface area contributed by atoms with E-state index in [0.717, 1.165) is 26.1 Å². The maximum Gasteiger partial charge on any atom is 0.260 e. The summed E-state index contributed by atoms with van der Waals surface area (Å²) >= 11 is 0. The molecule has 1 aromatic rings. The van der Waals surface area contributed by atoms with Gasteiger partial charge in [0.05, 0.1) is 0 Å². The molecule has 110 valence electrons. The average Bonchev–Trinajstić information content (AvgIpc) is 2.46. The minimum absolute atomic E-state index is 0.0663. The van der Waals surface area contributed by atoms with Gasteiger partial charge in [-0.1, -0.05) is 6.07 Å². The highest BCUT2D eigenvalue weighted by Crippen LogP contribution is 2.16. The van der Waals surface area contributed by atoms with Gasteiger partial charge < -0.3 is 14.4 Å². The van der Waals surface area contributed by atoms with E-state index < -0.39 is 0 Å². The Morgan fingerprint density at radius 2 is 2.20 bits per heavy atom. The van der Waals surface area contributed by atoms with Gasteiger partial charge in [0.2, 0.25) is 0 Å². The Morgan fingerprint density at radius 3 is 2.90 bits per heavy atom. The van der Waals surface area contributed by atoms with Crippen LogP contribution in [0.3, 0.4) is 0 Å². The lowest BCUT2D eigenvalue weighted by atomic mass is 10.00. The predicted molar refractivity (Wildman–Crippen MR) is 73.1 cm³/mol. The number of amides is 1. The zero-order valence-electron chi connectivity index (χ0n) is 11.7. The van der Waals surface area contributed by atoms with E-state index in [1.54, 1.807) is 24.1 Å². The number of rotatable bonds is 5. The Balaban J connectivity index is 1.76. The third-order valence-corrected chi connectivity index (χ3v) is 3.46. The van der Waals surface area contributed by atoms with Gasteiger partial charge in [-0.3, -0.25) is 4.79 Å². The molecule has 0 aliphatic carbocycles. The van der Waals surface area contributed by atoms with E-state index in [4.69, 9.17) is 9.47 Å². The highest BCUT2D eigenvalue weighted by molar-refractivity contribution is 5.77. The summed E-state index contributed by atoms with van der Waals surface area (Å²) < 4.78 is 23.6. The van der Waals surface area contributed by atoms with Crippen molar-refractivity contribution in [2.24, 2.45) is 5.92 Å². The van der Waals surface area contributed by atoms with E-state index in [0.29, 0.717) is 18.2 Å². The number of nitrogens with zero attached hydrogens (tertiary/aromatic N) is 1. The fourth-order valence-corrected chi connectivity index (χ4v) is 2.23. The fourth-order valence-electron chi connectivity index (χ4n) is 2.23. The van der Waals surface area contributed by atoms with E-state index in [1.807, 2.05) is 0 Å². The van der Waals surface area contributed by atoms with Gasteiger partial charge in [-0.05, 0) is 30.9 Å². The number of benzene rings is 1. The molecular formula is C15H20FNO3. The maximum absolute atomic E-state index is 13.0. The van der Waals surface area contributed by atoms with Gasteiger partial charge in [0.25, 0.3) is 5.91 Å². The third-order valence-electron chi connectivity index (χ3n) is 3.46. The first-order valence-electron chi connectivity index (χ1n) is 6.85. The summed E-state index contributed by atoms with van der Waals surface area (Å²) in [6.07, 6.45) is 1.98. The first-order valence-corrected chi connectivity index (χ1v) is 6.85. The van der Waals surface area contributed by atoms with Crippen LogP contribution in [-0.2, 0) is 9.53 Å². The zero-order valence-corrected chi connectivity index (χ0v) is 11.7. The van der Waals surface area contributed by atoms with Crippen LogP contribution < -0.4 is 4.74 Å². The number of hydrogen-bond acceptors (Lipinski definition) is 3. The lowest BCUT2D eigenvalue weighted by Gasteiger charge is -2.27. The van der Waals surface area contributed by atoms with Gasteiger partial charge >= 0.3 is 0 Å². The van der Waals surface area contributed by atoms with E-state index in [-0.39, 0.29) is 18.3 Å². The van der Waals surface area contributed by atoms with E-state index >= 15 is 0 Å². The topological polar surface area (TPSA) is 38.8 Å². The van der Waals surface area contributed by atoms with Crippen molar-refractivity contribution >= 4 is 5.91 Å². The Morgan fingerprint density at radius 1 is 1.45 bits per heavy atom. The Hall–Kier alpha value is -1.62. The molecule has 1 saturated heterocycles. The summed E-state index contributed by atoms with van der Waals surface area (Å²) in [4.78, 5) is 13.6. The molecule has 5 heteroatoms. The Bertz CT molecular complexity index is 446. The van der Waals surface area contributed by atoms with Crippen LogP contribution in [-0.4, -0.2) is 44.2 Å². The lowest BCUT2D eigenvalue weighted by molar-refractivity contribution is -0.133. The van der Waals surface area contributed by atoms with Crippen LogP contribution in [0.15, 0.2) is 24.3 Å². The summed E-state index contributed by atoms with van der Waals surface area (Å²) in [6.45, 7) is 2.19. The van der Waals surface area contributed by atoms with Gasteiger partial charge in [0, 0.05) is 32.9 Å². The SMILES string of the molecule is CN(CC1CCOCC1)C(=O)COc1cccc(F)c1. The minimum atomic E-state index is -0.370. The zero-order chi connectivity index (χ0) is 14.4. The quantitative estimate of drug-likeness (QED) is 0.829. The van der Waals surface area contributed by atoms with Crippen molar-refractivity contribution in [2.45, 2.75) is 12.8 Å². The number of carbonyl (C=O) groups excluding carboxylic acids is 1. The van der Waals surface area contributed by atoms with Crippen molar-refractivity contribution < 1.29 is 18.7 Å². The summed E-state index contributed by atoms with van der Waals surface area (Å²) in [5.41, 5.74) is 0. The molecule has 1 aromatic carbocycles. The van der Waals surface area contributed by atoms with Gasteiger partial charge in [0.1, 0.15) is 11.6 Å². The lowest BCUT2D eigenvalue weighted by Crippen LogP contribution is -2.36. The summed E-state index contributed by atoms with van der Waals surface area (Å²) in [7, 11) is 1.77. The van der Waals surface area contributed by atoms with Gasteiger partial charge in [-0.25, -0.2) is 4.39 Å². The molecule has 0 radical (unpaired) electrons. The Labute approximate surface area is 118 Å². The van der Waals surface area contributed by atoms with Crippen LogP contribution in [0.4, 0.5) is 4.39 Å². The van der Waals surface area contributed by atoms with E-state index in [1.165, 1.54) is 12.1 Å². The van der Waals surface area contributed by atoms with Gasteiger partial charge in [-0.15, -0.1) is 0 Å². The molecule has 1 heterocycles. The molecule has 0 spiro atoms. The molecule has 20 heavy (non-hydrogen) atoms. The van der Waals surface area contributed by atoms with E-state index in [2.05, 4.69) is 0 Å². The molecule has 0 unspecified atom stereocenters. The van der Waals surface area contributed by atoms with Crippen molar-refractivity contribution in [3.05, 3.63) is 30.1 Å². The second-order valence-electron chi connectivity index (χ2n) is 5.08. The highest BCUT2D eigenvalue weighted by atomic mass is 19.1. The summed E-state index contributed by atoms with van der Waals surface area (Å²) in [6, 6.07) is 5.80. The van der Waals surface area contributed by atoms with E-state index in [9.17, 15) is 9.18 Å². The molecule has 1 aliphatic rings. The number of carbonyl (C=O) groups is 1. The molecule has 1 fully saturated rings. The van der Waals surface area contributed by atoms with Crippen molar-refractivity contribution in [2.75, 3.05) is 33.4 Å². The van der Waals surface area contributed by atoms with Crippen LogP contribution in [0.5, 0.6) is 5.75 Å². The molecule has 2 rings (SSSR count). The summed E-state index contributed by atoms with van der Waals surface area (Å²) in [5, 5.41) is 0. The molecule has 0 aromatic heterocycles. The van der Waals surface area contributed by atoms with Crippen LogP contribution in [0.25, 0.3) is 0 Å². The number of ether oxygens (including phenoxy) is 2. The van der Waals surface area contributed by atoms with Crippen molar-refractivity contribution in [1.82, 2.24) is 4.90 Å². The molecule has 0 atom stereocenters. The average molecular weight is 281 g/mol. The third kappa shape index (κ3) is 4.49. The van der Waals surface area contributed by atoms with Crippen LogP contribution in [0.1, 0.15) is 12.8 Å². The second kappa shape index (κ2) is 7.24. The molecule has 0 N–H and O–H groups in total. The summed E-state index contributed by atoms with van der Waals surface area (Å²) in [5.74, 6) is 0.399. The molecular weight excluding hydrogens is 261 g/mol. The monoisotopic (exact) mass is 281 g/mol. The second-order valence-corrected chi connectivity index (χ2v) is 5.08. The predicted octanol–water partition coefficient (Wildman–Crippen LogP) is 2.09. The number of halogens is 1. The fraction of sp³-hybridized carbons (Fsp3) is 0.533. The van der Waals surface area contributed by atoms with Gasteiger partial charge in [-0.2, -0.15) is 0 Å². The largest absolute Gasteiger partial charge is 0.484 e. The van der Waals surface area contributed by atoms with Crippen molar-refractivity contribution in [3.63, 3.8) is 0 Å². The molecule has 1 aliphatic heterocycles. The number of likely N-dealkylation sites (N-methyl/N-ethyl adjacent to an activating group) is 1. The van der Waals surface area contributed by atoms with Gasteiger partial charge in [0.15, 0.2) is 6.61 Å². The molecule has 4 nitrogen and oxygen atoms in total. The van der Waals surface area contributed by atoms with Crippen LogP contribution in [0, 0.1) is 11.7 Å². The standard InChI is InChI=1S/C15H20FNO3/c1-17(10-12-5-7-19-8-6-12)15(18)11-20-14-4-2-3-13(16)9-14/h2-4,9,12H,5-8,10-11H2,1H3. The highest BCUT2D eigenvalue weighted by Gasteiger charge is 2.18. The first-order chi connectivity index (χ1) is 9.65. The smallest absolute Gasteiger partial charge is 0.260 e. The van der Waals surface area contributed by atoms with Crippen molar-refractivity contribution in [3.8, 4) is 5.75 Å². The minimum Gasteiger partial charge on any atom is -0.484 e. The number of hydrogen-bond donors (Lipinski definition) is 0. The maximum atomic E-state index is 13.0. The van der Waals surface area contributed by atoms with Crippen LogP contribution >= 0.6 is 0 Å². The van der Waals surface area contributed by atoms with Crippen molar-refractivity contribution in [1.29, 1.82) is 0 Å².